The third kappa shape index (κ3) is 27.4. The van der Waals surface area contributed by atoms with Crippen molar-refractivity contribution >= 4 is 33.0 Å². The predicted octanol–water partition coefficient (Wildman–Crippen LogP) is 8.90. The molecule has 8 N–H and O–H groups in total. The Morgan fingerprint density at radius 2 is 1.16 bits per heavy atom. The number of hydrogen-bond acceptors (Lipinski definition) is 13. The van der Waals surface area contributed by atoms with Crippen LogP contribution in [0.2, 0.25) is 0 Å². The number of aliphatic hydroxyl groups excluding tert-OH is 2. The van der Waals surface area contributed by atoms with Crippen molar-refractivity contribution in [1.29, 1.82) is 0 Å². The van der Waals surface area contributed by atoms with E-state index in [4.69, 9.17) is 25.2 Å². The second kappa shape index (κ2) is 34.4. The molecular formula is C44H83N3O14P2. The Labute approximate surface area is 376 Å². The number of aromatic nitrogens is 2. The fourth-order valence-corrected chi connectivity index (χ4v) is 9.26. The van der Waals surface area contributed by atoms with Gasteiger partial charge in [-0.25, -0.2) is 13.9 Å². The lowest BCUT2D eigenvalue weighted by Gasteiger charge is -2.29. The molecule has 2 rings (SSSR count). The van der Waals surface area contributed by atoms with Gasteiger partial charge in [-0.05, 0) is 31.7 Å². The highest BCUT2D eigenvalue weighted by Gasteiger charge is 2.48. The fourth-order valence-electron chi connectivity index (χ4n) is 7.64. The van der Waals surface area contributed by atoms with Gasteiger partial charge in [-0.3, -0.25) is 18.7 Å². The lowest BCUT2D eigenvalue weighted by molar-refractivity contribution is -0.166. The molecular weight excluding hydrogens is 856 g/mol. The fraction of sp³-hybridized carbons (Fsp3) is 0.864. The minimum absolute atomic E-state index is 0.0651. The van der Waals surface area contributed by atoms with Crippen LogP contribution in [0.25, 0.3) is 0 Å². The Bertz CT molecular complexity index is 1480. The van der Waals surface area contributed by atoms with Crippen molar-refractivity contribution in [3.8, 4) is 0 Å². The Morgan fingerprint density at radius 3 is 1.52 bits per heavy atom. The minimum atomic E-state index is -5.16. The second-order valence-electron chi connectivity index (χ2n) is 17.0. The molecule has 1 fully saturated rings. The third-order valence-corrected chi connectivity index (χ3v) is 13.6. The Balaban J connectivity index is 0.000000723. The van der Waals surface area contributed by atoms with E-state index >= 15 is 0 Å². The number of ether oxygens (including phenoxy) is 1. The van der Waals surface area contributed by atoms with Gasteiger partial charge >= 0.3 is 21.3 Å². The summed E-state index contributed by atoms with van der Waals surface area (Å²) in [5.41, 5.74) is 2.31. The van der Waals surface area contributed by atoms with Crippen molar-refractivity contribution in [1.82, 2.24) is 9.55 Å². The van der Waals surface area contributed by atoms with Crippen LogP contribution in [-0.2, 0) is 32.3 Å². The van der Waals surface area contributed by atoms with Crippen LogP contribution >= 0.6 is 15.6 Å². The number of hydrogen-bond donors (Lipinski definition) is 7. The van der Waals surface area contributed by atoms with Gasteiger partial charge in [0.25, 0.3) is 0 Å². The van der Waals surface area contributed by atoms with Crippen LogP contribution in [-0.4, -0.2) is 82.1 Å². The van der Waals surface area contributed by atoms with E-state index in [0.717, 1.165) is 38.5 Å². The van der Waals surface area contributed by atoms with Gasteiger partial charge < -0.3 is 40.5 Å². The molecule has 1 aromatic rings. The lowest BCUT2D eigenvalue weighted by atomic mass is 9.82. The monoisotopic (exact) mass is 940 g/mol. The van der Waals surface area contributed by atoms with Crippen LogP contribution in [0.15, 0.2) is 17.1 Å². The molecule has 0 saturated carbocycles. The van der Waals surface area contributed by atoms with Crippen LogP contribution in [0.3, 0.4) is 0 Å². The van der Waals surface area contributed by atoms with E-state index in [1.807, 2.05) is 0 Å². The number of Topliss-reactive ketones (excluding diaryl/α,β-unsaturated/α-hetero) is 2. The topological polar surface area (TPSA) is 278 Å². The molecule has 19 heteroatoms. The number of nitrogens with two attached hydrogens (primary N) is 1. The van der Waals surface area contributed by atoms with Crippen molar-refractivity contribution in [2.24, 2.45) is 0 Å². The summed E-state index contributed by atoms with van der Waals surface area (Å²) in [5, 5.41) is 30.5. The zero-order valence-electron chi connectivity index (χ0n) is 38.3. The molecule has 2 unspecified atom stereocenters. The molecule has 0 spiro atoms. The highest BCUT2D eigenvalue weighted by molar-refractivity contribution is 7.60. The highest BCUT2D eigenvalue weighted by atomic mass is 31.3. The maximum Gasteiger partial charge on any atom is 0.481 e. The first-order valence-electron chi connectivity index (χ1n) is 23.8. The number of phosphoric ester groups is 1. The molecule has 0 aromatic carbocycles. The quantitative estimate of drug-likeness (QED) is 0.0185. The van der Waals surface area contributed by atoms with E-state index in [9.17, 15) is 38.8 Å². The zero-order valence-corrected chi connectivity index (χ0v) is 40.1. The molecule has 368 valence electrons. The summed E-state index contributed by atoms with van der Waals surface area (Å²) in [6.45, 7) is 3.25. The first-order chi connectivity index (χ1) is 30.0. The largest absolute Gasteiger partial charge is 0.481 e. The van der Waals surface area contributed by atoms with Crippen molar-refractivity contribution < 1.29 is 62.3 Å². The summed E-state index contributed by atoms with van der Waals surface area (Å²) in [6, 6.07) is 1.42. The number of aliphatic hydroxyl groups is 3. The maximum absolute atomic E-state index is 12.8. The van der Waals surface area contributed by atoms with E-state index in [0.29, 0.717) is 25.7 Å². The van der Waals surface area contributed by atoms with Crippen molar-refractivity contribution in [3.05, 3.63) is 22.7 Å². The molecule has 1 aromatic heterocycles. The van der Waals surface area contributed by atoms with Gasteiger partial charge in [0.15, 0.2) is 11.6 Å². The summed E-state index contributed by atoms with van der Waals surface area (Å²) in [7, 11) is -10.1. The summed E-state index contributed by atoms with van der Waals surface area (Å²) >= 11 is 0. The molecule has 0 radical (unpaired) electrons. The molecule has 0 aliphatic carbocycles. The van der Waals surface area contributed by atoms with E-state index in [1.54, 1.807) is 0 Å². The molecule has 1 saturated heterocycles. The SMILES string of the molecule is CCCCCCCCCCCCCCCC(=O)C(O)(C(=O)CCCCCCCCCCCCCCC)C(O)CO.Nc1ccn([C@H]2CC[C@@H](COP(=O)(O)OP(=O)(O)O)O2)c(=O)n1. The van der Waals surface area contributed by atoms with E-state index in [2.05, 4.69) is 27.7 Å². The van der Waals surface area contributed by atoms with Crippen LogP contribution in [0.5, 0.6) is 0 Å². The smallest absolute Gasteiger partial charge is 0.394 e. The average molecular weight is 940 g/mol. The standard InChI is InChI=1S/C35H68O5.C9H15N3O9P2/c1-3-5-7-9-11-13-15-17-19-21-23-25-27-29-32(37)35(40,34(39)31-36)33(38)30-28-26-24-22-20-18-16-14-12-10-8-6-4-2;10-7-3-4-12(9(13)11-7)8-2-1-6(20-8)5-19-23(17,18)21-22(14,15)16/h34,36,39-40H,3-31H2,1-2H3;3-4,6,8H,1-2,5H2,(H,17,18)(H2,10,11,13)(H2,14,15,16)/t;6-,8+/m.0/s1. The van der Waals surface area contributed by atoms with Gasteiger partial charge in [-0.1, -0.05) is 168 Å². The molecule has 2 heterocycles. The first kappa shape index (κ1) is 59.1. The molecule has 63 heavy (non-hydrogen) atoms. The number of phosphoric acid groups is 2. The first-order valence-corrected chi connectivity index (χ1v) is 26.8. The Hall–Kier alpha value is -1.88. The van der Waals surface area contributed by atoms with Crippen molar-refractivity contribution in [2.45, 2.75) is 231 Å². The highest BCUT2D eigenvalue weighted by Crippen LogP contribution is 2.57. The van der Waals surface area contributed by atoms with E-state index < -0.39 is 70.2 Å². The summed E-state index contributed by atoms with van der Waals surface area (Å²) in [5.74, 6) is -1.21. The number of nitrogens with zero attached hydrogens (tertiary/aromatic N) is 2. The van der Waals surface area contributed by atoms with E-state index in [-0.39, 0.29) is 18.7 Å². The number of carbonyl (C=O) groups excluding carboxylic acids is 2. The third-order valence-electron chi connectivity index (χ3n) is 11.4. The predicted molar refractivity (Wildman–Crippen MR) is 244 cm³/mol. The minimum Gasteiger partial charge on any atom is -0.394 e. The van der Waals surface area contributed by atoms with Gasteiger partial charge in [0, 0.05) is 19.0 Å². The molecule has 4 atom stereocenters. The van der Waals surface area contributed by atoms with Crippen molar-refractivity contribution in [3.63, 3.8) is 0 Å². The van der Waals surface area contributed by atoms with Crippen LogP contribution in [0.1, 0.15) is 213 Å². The molecule has 17 nitrogen and oxygen atoms in total. The molecule has 0 bridgehead atoms. The summed E-state index contributed by atoms with van der Waals surface area (Å²) < 4.78 is 36.6. The number of carbonyl (C=O) groups is 2. The van der Waals surface area contributed by atoms with Crippen LogP contribution in [0, 0.1) is 0 Å². The average Bonchev–Trinajstić information content (AvgIpc) is 3.71. The van der Waals surface area contributed by atoms with Crippen LogP contribution < -0.4 is 11.4 Å². The van der Waals surface area contributed by atoms with Crippen molar-refractivity contribution in [2.75, 3.05) is 18.9 Å². The molecule has 1 aliphatic heterocycles. The summed E-state index contributed by atoms with van der Waals surface area (Å²) in [6.07, 6.45) is 30.3. The van der Waals surface area contributed by atoms with Gasteiger partial charge in [0.05, 0.1) is 19.3 Å². The number of ketones is 2. The number of unbranched alkanes of at least 4 members (excludes halogenated alkanes) is 24. The van der Waals surface area contributed by atoms with Gasteiger partial charge in [-0.15, -0.1) is 0 Å². The normalized spacial score (nSPS) is 17.0. The Kier molecular flexibility index (Phi) is 32.3. The zero-order chi connectivity index (χ0) is 47.0. The number of nitrogen functional groups attached to an aromatic ring is 1. The Morgan fingerprint density at radius 1 is 0.762 bits per heavy atom. The van der Waals surface area contributed by atoms with E-state index in [1.165, 1.54) is 132 Å². The van der Waals surface area contributed by atoms with Gasteiger partial charge in [0.1, 0.15) is 18.1 Å². The molecule has 0 amide bonds. The number of rotatable bonds is 38. The maximum atomic E-state index is 12.8. The number of anilines is 1. The molecule has 1 aliphatic rings. The summed E-state index contributed by atoms with van der Waals surface area (Å²) in [4.78, 5) is 66.9. The van der Waals surface area contributed by atoms with Gasteiger partial charge in [0.2, 0.25) is 5.60 Å². The lowest BCUT2D eigenvalue weighted by Crippen LogP contribution is -2.57. The second-order valence-corrected chi connectivity index (χ2v) is 19.8. The van der Waals surface area contributed by atoms with Gasteiger partial charge in [-0.2, -0.15) is 9.29 Å². The van der Waals surface area contributed by atoms with Crippen LogP contribution in [0.4, 0.5) is 5.82 Å².